The number of benzene rings is 1. The molecule has 0 saturated carbocycles. The van der Waals surface area contributed by atoms with E-state index in [1.165, 1.54) is 11.1 Å². The Morgan fingerprint density at radius 3 is 3.00 bits per heavy atom. The Morgan fingerprint density at radius 1 is 1.54 bits per heavy atom. The second-order valence-corrected chi connectivity index (χ2v) is 3.79. The lowest BCUT2D eigenvalue weighted by Gasteiger charge is -2.06. The lowest BCUT2D eigenvalue weighted by atomic mass is 10.0. The van der Waals surface area contributed by atoms with E-state index in [0.717, 1.165) is 12.2 Å². The van der Waals surface area contributed by atoms with Crippen LogP contribution in [0.15, 0.2) is 18.2 Å². The van der Waals surface area contributed by atoms with Gasteiger partial charge in [-0.25, -0.2) is 0 Å². The van der Waals surface area contributed by atoms with E-state index in [-0.39, 0.29) is 6.04 Å². The summed E-state index contributed by atoms with van der Waals surface area (Å²) in [4.78, 5) is 0. The smallest absolute Gasteiger partial charge is 0.123 e. The van der Waals surface area contributed by atoms with Crippen molar-refractivity contribution in [3.05, 3.63) is 29.3 Å². The molecule has 0 aliphatic carbocycles. The number of hydrogen-bond acceptors (Lipinski definition) is 2. The van der Waals surface area contributed by atoms with Crippen LogP contribution in [0.1, 0.15) is 31.0 Å². The molecule has 1 aromatic rings. The third-order valence-corrected chi connectivity index (χ3v) is 2.45. The minimum atomic E-state index is 0.112. The minimum Gasteiger partial charge on any atom is -0.490 e. The van der Waals surface area contributed by atoms with E-state index < -0.39 is 0 Å². The van der Waals surface area contributed by atoms with Crippen molar-refractivity contribution in [1.82, 2.24) is 0 Å². The topological polar surface area (TPSA) is 35.2 Å². The summed E-state index contributed by atoms with van der Waals surface area (Å²) in [7, 11) is 0. The van der Waals surface area contributed by atoms with Crippen LogP contribution in [0.25, 0.3) is 0 Å². The van der Waals surface area contributed by atoms with E-state index in [2.05, 4.69) is 13.0 Å². The van der Waals surface area contributed by atoms with E-state index in [9.17, 15) is 0 Å². The van der Waals surface area contributed by atoms with Crippen LogP contribution >= 0.6 is 0 Å². The van der Waals surface area contributed by atoms with Gasteiger partial charge < -0.3 is 10.5 Å². The molecule has 0 unspecified atom stereocenters. The van der Waals surface area contributed by atoms with Gasteiger partial charge in [-0.1, -0.05) is 12.1 Å². The van der Waals surface area contributed by atoms with Crippen LogP contribution in [-0.4, -0.2) is 6.10 Å². The molecule has 13 heavy (non-hydrogen) atoms. The first-order chi connectivity index (χ1) is 6.16. The molecule has 2 N–H and O–H groups in total. The van der Waals surface area contributed by atoms with Gasteiger partial charge in [-0.15, -0.1) is 0 Å². The van der Waals surface area contributed by atoms with Crippen LogP contribution in [-0.2, 0) is 6.42 Å². The number of fused-ring (bicyclic) bond motifs is 1. The number of hydrogen-bond donors (Lipinski definition) is 1. The molecule has 1 aliphatic heterocycles. The number of nitrogens with two attached hydrogens (primary N) is 1. The van der Waals surface area contributed by atoms with Gasteiger partial charge >= 0.3 is 0 Å². The Kier molecular flexibility index (Phi) is 2.00. The molecule has 0 radical (unpaired) electrons. The molecular weight excluding hydrogens is 162 g/mol. The highest BCUT2D eigenvalue weighted by Gasteiger charge is 2.19. The summed E-state index contributed by atoms with van der Waals surface area (Å²) in [5.41, 5.74) is 8.29. The van der Waals surface area contributed by atoms with E-state index in [1.807, 2.05) is 19.1 Å². The predicted molar refractivity (Wildman–Crippen MR) is 52.8 cm³/mol. The van der Waals surface area contributed by atoms with Crippen LogP contribution < -0.4 is 10.5 Å². The lowest BCUT2D eigenvalue weighted by Crippen LogP contribution is -2.05. The van der Waals surface area contributed by atoms with Crippen LogP contribution in [0.3, 0.4) is 0 Å². The Labute approximate surface area is 78.7 Å². The fraction of sp³-hybridized carbons (Fsp3) is 0.455. The van der Waals surface area contributed by atoms with Gasteiger partial charge in [-0.05, 0) is 31.0 Å². The first kappa shape index (κ1) is 8.57. The molecule has 0 amide bonds. The lowest BCUT2D eigenvalue weighted by molar-refractivity contribution is 0.254. The van der Waals surface area contributed by atoms with Crippen LogP contribution in [0.4, 0.5) is 0 Å². The average Bonchev–Trinajstić information content (AvgIpc) is 2.42. The Hall–Kier alpha value is -1.02. The molecule has 0 spiro atoms. The highest BCUT2D eigenvalue weighted by Crippen LogP contribution is 2.30. The summed E-state index contributed by atoms with van der Waals surface area (Å²) < 4.78 is 5.60. The van der Waals surface area contributed by atoms with Crippen LogP contribution in [0.2, 0.25) is 0 Å². The summed E-state index contributed by atoms with van der Waals surface area (Å²) >= 11 is 0. The zero-order valence-electron chi connectivity index (χ0n) is 8.08. The van der Waals surface area contributed by atoms with Gasteiger partial charge in [0.2, 0.25) is 0 Å². The van der Waals surface area contributed by atoms with Crippen molar-refractivity contribution >= 4 is 0 Å². The maximum absolute atomic E-state index is 5.80. The third-order valence-electron chi connectivity index (χ3n) is 2.45. The van der Waals surface area contributed by atoms with Crippen molar-refractivity contribution in [1.29, 1.82) is 0 Å². The zero-order valence-corrected chi connectivity index (χ0v) is 8.08. The normalized spacial score (nSPS) is 22.2. The molecule has 2 heteroatoms. The molecule has 0 fully saturated rings. The van der Waals surface area contributed by atoms with Crippen molar-refractivity contribution in [2.24, 2.45) is 5.73 Å². The van der Waals surface area contributed by atoms with E-state index >= 15 is 0 Å². The van der Waals surface area contributed by atoms with Gasteiger partial charge in [0.05, 0.1) is 0 Å². The molecule has 70 valence electrons. The predicted octanol–water partition coefficient (Wildman–Crippen LogP) is 2.03. The number of rotatable bonds is 1. The van der Waals surface area contributed by atoms with Crippen LogP contribution in [0.5, 0.6) is 5.75 Å². The minimum absolute atomic E-state index is 0.112. The van der Waals surface area contributed by atoms with Gasteiger partial charge in [-0.3, -0.25) is 0 Å². The highest BCUT2D eigenvalue weighted by atomic mass is 16.5. The van der Waals surface area contributed by atoms with Crippen molar-refractivity contribution < 1.29 is 4.74 Å². The molecule has 0 bridgehead atoms. The molecule has 1 aliphatic rings. The van der Waals surface area contributed by atoms with Gasteiger partial charge in [0.1, 0.15) is 11.9 Å². The maximum Gasteiger partial charge on any atom is 0.123 e. The first-order valence-corrected chi connectivity index (χ1v) is 4.72. The van der Waals surface area contributed by atoms with E-state index in [0.29, 0.717) is 6.10 Å². The quantitative estimate of drug-likeness (QED) is 0.712. The van der Waals surface area contributed by atoms with Gasteiger partial charge in [-0.2, -0.15) is 0 Å². The largest absolute Gasteiger partial charge is 0.490 e. The SMILES string of the molecule is C[C@H]1Cc2cc([C@@H](C)N)ccc2O1. The third kappa shape index (κ3) is 1.54. The first-order valence-electron chi connectivity index (χ1n) is 4.72. The Morgan fingerprint density at radius 2 is 2.31 bits per heavy atom. The van der Waals surface area contributed by atoms with Crippen LogP contribution in [0, 0.1) is 0 Å². The standard InChI is InChI=1S/C11H15NO/c1-7-5-10-6-9(8(2)12)3-4-11(10)13-7/h3-4,6-8H,5,12H2,1-2H3/t7-,8+/m0/s1. The molecule has 1 heterocycles. The highest BCUT2D eigenvalue weighted by molar-refractivity contribution is 5.41. The van der Waals surface area contributed by atoms with Gasteiger partial charge in [0, 0.05) is 12.5 Å². The zero-order chi connectivity index (χ0) is 9.42. The molecule has 2 rings (SSSR count). The van der Waals surface area contributed by atoms with Crippen molar-refractivity contribution in [2.45, 2.75) is 32.4 Å². The summed E-state index contributed by atoms with van der Waals surface area (Å²) in [6, 6.07) is 6.34. The van der Waals surface area contributed by atoms with Gasteiger partial charge in [0.25, 0.3) is 0 Å². The van der Waals surface area contributed by atoms with E-state index in [4.69, 9.17) is 10.5 Å². The number of ether oxygens (including phenoxy) is 1. The Balaban J connectivity index is 2.35. The second kappa shape index (κ2) is 3.04. The molecule has 0 aromatic heterocycles. The summed E-state index contributed by atoms with van der Waals surface area (Å²) in [6.45, 7) is 4.09. The molecule has 0 saturated heterocycles. The molecule has 1 aromatic carbocycles. The summed E-state index contributed by atoms with van der Waals surface area (Å²) in [6.07, 6.45) is 1.33. The fourth-order valence-corrected chi connectivity index (χ4v) is 1.73. The van der Waals surface area contributed by atoms with Gasteiger partial charge in [0.15, 0.2) is 0 Å². The molecule has 2 atom stereocenters. The maximum atomic E-state index is 5.80. The van der Waals surface area contributed by atoms with Crippen molar-refractivity contribution in [3.8, 4) is 5.75 Å². The molecule has 2 nitrogen and oxygen atoms in total. The Bertz CT molecular complexity index is 320. The summed E-state index contributed by atoms with van der Waals surface area (Å²) in [5, 5.41) is 0. The summed E-state index contributed by atoms with van der Waals surface area (Å²) in [5.74, 6) is 1.02. The van der Waals surface area contributed by atoms with Crippen molar-refractivity contribution in [2.75, 3.05) is 0 Å². The fourth-order valence-electron chi connectivity index (χ4n) is 1.73. The van der Waals surface area contributed by atoms with E-state index in [1.54, 1.807) is 0 Å². The second-order valence-electron chi connectivity index (χ2n) is 3.79. The van der Waals surface area contributed by atoms with Crippen molar-refractivity contribution in [3.63, 3.8) is 0 Å². The monoisotopic (exact) mass is 177 g/mol. The average molecular weight is 177 g/mol. The molecular formula is C11H15NO.